The number of ketones is 1. The van der Waals surface area contributed by atoms with Crippen molar-refractivity contribution in [1.82, 2.24) is 45.6 Å². The second-order valence-corrected chi connectivity index (χ2v) is 17.9. The lowest BCUT2D eigenvalue weighted by Gasteiger charge is -2.27. The molecular weight excluding hydrogens is 990 g/mol. The lowest BCUT2D eigenvalue weighted by atomic mass is 10.0. The van der Waals surface area contributed by atoms with E-state index in [2.05, 4.69) is 62.0 Å². The van der Waals surface area contributed by atoms with Crippen molar-refractivity contribution < 1.29 is 57.2 Å². The van der Waals surface area contributed by atoms with Gasteiger partial charge in [0, 0.05) is 56.3 Å². The van der Waals surface area contributed by atoms with Crippen LogP contribution in [0.2, 0.25) is 0 Å². The molecule has 0 radical (unpaired) electrons. The van der Waals surface area contributed by atoms with Crippen molar-refractivity contribution in [2.24, 2.45) is 17.6 Å². The number of carbonyl (C=O) groups excluding carboxylic acids is 7. The normalized spacial score (nSPS) is 16.3. The van der Waals surface area contributed by atoms with E-state index in [9.17, 15) is 33.6 Å². The van der Waals surface area contributed by atoms with Crippen LogP contribution in [0.25, 0.3) is 22.0 Å². The number of aromatic nitrogens is 5. The number of carbonyl (C=O) groups is 7. The molecule has 4 heterocycles. The molecule has 6 rings (SSSR count). The second-order valence-electron chi connectivity index (χ2n) is 17.1. The molecule has 2 fully saturated rings. The first-order chi connectivity index (χ1) is 34.1. The van der Waals surface area contributed by atoms with Crippen LogP contribution in [0.4, 0.5) is 5.82 Å². The molecule has 1 aromatic carbocycles. The number of nitrogens with one attached hydrogen (secondary N) is 4. The number of methoxy groups -OCH3 is 1. The number of likely N-dealkylation sites (tertiary alicyclic amines) is 1. The molecule has 0 bridgehead atoms. The van der Waals surface area contributed by atoms with E-state index in [1.54, 1.807) is 28.0 Å². The van der Waals surface area contributed by atoms with E-state index >= 15 is 0 Å². The Labute approximate surface area is 418 Å². The fourth-order valence-electron chi connectivity index (χ4n) is 7.98. The van der Waals surface area contributed by atoms with Crippen molar-refractivity contribution in [1.29, 1.82) is 0 Å². The van der Waals surface area contributed by atoms with Gasteiger partial charge in [-0.3, -0.25) is 38.2 Å². The summed E-state index contributed by atoms with van der Waals surface area (Å²) in [7, 11) is 1.23. The summed E-state index contributed by atoms with van der Waals surface area (Å²) in [5, 5.41) is 16.1. The summed E-state index contributed by atoms with van der Waals surface area (Å²) in [6.07, 6.45) is 4.38. The highest BCUT2D eigenvalue weighted by molar-refractivity contribution is 9.10. The summed E-state index contributed by atoms with van der Waals surface area (Å²) in [6.45, 7) is 6.90. The number of nitrogens with zero attached hydrogens (tertiary/aromatic N) is 6. The number of fused-ring (bicyclic) bond motifs is 2. The van der Waals surface area contributed by atoms with Crippen LogP contribution in [-0.2, 0) is 65.5 Å². The van der Waals surface area contributed by atoms with Crippen LogP contribution in [0.1, 0.15) is 53.6 Å². The van der Waals surface area contributed by atoms with Gasteiger partial charge >= 0.3 is 5.97 Å². The standard InChI is InChI=1S/C47H60BrN11O12/c1-27-5-7-36(48)55-45(27)56-46(65)44-33-19-31(33)23-58(44)41(64)24-59-43-28(2)17-30(18-34(43)42(57-59)29(3)60)32-20-52-37(53-21-32)22-54-40(63)26-71-16-14-69-12-10-51-39(62)25-70-15-13-68-11-9-50-38(61)8-6-35(49)47(66)67-4/h5,7,17-18,20-21,31,33,35,44H,6,8-16,19,22-26,49H2,1-4H3,(H,50,61)(H,51,62)(H,54,63)(H,55,56,65)/t31-,33-,35+,44+/m1/s1. The van der Waals surface area contributed by atoms with Gasteiger partial charge in [-0.1, -0.05) is 6.07 Å². The third kappa shape index (κ3) is 15.6. The van der Waals surface area contributed by atoms with Gasteiger partial charge < -0.3 is 55.6 Å². The van der Waals surface area contributed by atoms with Gasteiger partial charge in [0.2, 0.25) is 29.5 Å². The Bertz CT molecular complexity index is 2560. The molecule has 3 aromatic heterocycles. The summed E-state index contributed by atoms with van der Waals surface area (Å²) < 4.78 is 28.1. The minimum Gasteiger partial charge on any atom is -0.468 e. The number of nitrogens with two attached hydrogens (primary N) is 1. The molecule has 1 aliphatic heterocycles. The molecule has 24 heteroatoms. The number of hydrogen-bond acceptors (Lipinski definition) is 17. The van der Waals surface area contributed by atoms with E-state index in [4.69, 9.17) is 24.7 Å². The largest absolute Gasteiger partial charge is 0.468 e. The molecule has 2 aliphatic rings. The molecule has 0 spiro atoms. The second kappa shape index (κ2) is 26.2. The van der Waals surface area contributed by atoms with Gasteiger partial charge in [-0.25, -0.2) is 15.0 Å². The summed E-state index contributed by atoms with van der Waals surface area (Å²) in [5.41, 5.74) is 9.41. The topological polar surface area (TPSA) is 300 Å². The van der Waals surface area contributed by atoms with E-state index in [0.29, 0.717) is 39.3 Å². The van der Waals surface area contributed by atoms with Crippen LogP contribution in [0, 0.1) is 25.7 Å². The molecule has 4 aromatic rings. The molecule has 5 amide bonds. The first kappa shape index (κ1) is 54.0. The fraction of sp³-hybridized carbons (Fsp3) is 0.511. The Morgan fingerprint density at radius 3 is 2.14 bits per heavy atom. The highest BCUT2D eigenvalue weighted by Crippen LogP contribution is 2.50. The SMILES string of the molecule is COC(=O)[C@@H](N)CCC(=O)NCCOCCOCC(=O)NCCOCCOCC(=O)NCc1ncc(-c2cc(C)c3c(c2)c(C(C)=O)nn3CC(=O)N2C[C@H]3C[C@H]3[C@H]2C(=O)Nc2nc(Br)ccc2C)cn1. The first-order valence-electron chi connectivity index (χ1n) is 23.1. The molecule has 4 atom stereocenters. The molecule has 1 saturated heterocycles. The average Bonchev–Trinajstić information content (AvgIpc) is 3.85. The quantitative estimate of drug-likeness (QED) is 0.0231. The van der Waals surface area contributed by atoms with Crippen LogP contribution >= 0.6 is 15.9 Å². The summed E-state index contributed by atoms with van der Waals surface area (Å²) in [5.74, 6) is -1.22. The van der Waals surface area contributed by atoms with Gasteiger partial charge in [-0.15, -0.1) is 0 Å². The van der Waals surface area contributed by atoms with Crippen molar-refractivity contribution in [2.45, 2.75) is 65.2 Å². The number of amides is 5. The third-order valence-corrected chi connectivity index (χ3v) is 12.2. The molecular formula is C47H60BrN11O12. The van der Waals surface area contributed by atoms with E-state index in [-0.39, 0.29) is 145 Å². The van der Waals surface area contributed by atoms with Crippen molar-refractivity contribution in [3.63, 3.8) is 0 Å². The average molecular weight is 1050 g/mol. The van der Waals surface area contributed by atoms with Gasteiger partial charge in [0.05, 0.1) is 58.8 Å². The molecule has 1 aliphatic carbocycles. The summed E-state index contributed by atoms with van der Waals surface area (Å²) >= 11 is 3.36. The number of piperidine rings is 1. The van der Waals surface area contributed by atoms with Crippen LogP contribution < -0.4 is 27.0 Å². The Hall–Kier alpha value is -6.31. The molecule has 6 N–H and O–H groups in total. The third-order valence-electron chi connectivity index (χ3n) is 11.7. The van der Waals surface area contributed by atoms with E-state index in [0.717, 1.165) is 23.1 Å². The zero-order valence-electron chi connectivity index (χ0n) is 40.1. The number of Topliss-reactive ketones (excluding diaryl/α,β-unsaturated/α-hetero) is 1. The number of pyridine rings is 1. The predicted octanol–water partition coefficient (Wildman–Crippen LogP) is 1.15. The minimum absolute atomic E-state index is 0.0576. The smallest absolute Gasteiger partial charge is 0.322 e. The van der Waals surface area contributed by atoms with Crippen LogP contribution in [0.15, 0.2) is 41.3 Å². The Morgan fingerprint density at radius 2 is 1.48 bits per heavy atom. The van der Waals surface area contributed by atoms with Crippen molar-refractivity contribution in [3.8, 4) is 11.1 Å². The summed E-state index contributed by atoms with van der Waals surface area (Å²) in [4.78, 5) is 103. The van der Waals surface area contributed by atoms with Crippen LogP contribution in [-0.4, -0.2) is 163 Å². The van der Waals surface area contributed by atoms with Crippen LogP contribution in [0.5, 0.6) is 0 Å². The van der Waals surface area contributed by atoms with Gasteiger partial charge in [-0.2, -0.15) is 5.10 Å². The lowest BCUT2D eigenvalue weighted by molar-refractivity contribution is -0.142. The maximum absolute atomic E-state index is 13.9. The number of halogens is 1. The van der Waals surface area contributed by atoms with Gasteiger partial charge in [-0.05, 0) is 89.3 Å². The van der Waals surface area contributed by atoms with Gasteiger partial charge in [0.1, 0.15) is 53.8 Å². The maximum Gasteiger partial charge on any atom is 0.322 e. The van der Waals surface area contributed by atoms with Crippen molar-refractivity contribution in [3.05, 3.63) is 63.9 Å². The van der Waals surface area contributed by atoms with Gasteiger partial charge in [0.15, 0.2) is 5.78 Å². The Balaban J connectivity index is 0.852. The zero-order chi connectivity index (χ0) is 51.0. The highest BCUT2D eigenvalue weighted by Gasteiger charge is 2.57. The molecule has 1 saturated carbocycles. The first-order valence-corrected chi connectivity index (χ1v) is 23.9. The zero-order valence-corrected chi connectivity index (χ0v) is 41.7. The van der Waals surface area contributed by atoms with Gasteiger partial charge in [0.25, 0.3) is 0 Å². The lowest BCUT2D eigenvalue weighted by Crippen LogP contribution is -2.47. The molecule has 71 heavy (non-hydrogen) atoms. The van der Waals surface area contributed by atoms with Crippen LogP contribution in [0.3, 0.4) is 0 Å². The number of esters is 1. The van der Waals surface area contributed by atoms with E-state index in [1.165, 1.54) is 14.0 Å². The number of rotatable bonds is 28. The number of aryl methyl sites for hydroxylation is 2. The van der Waals surface area contributed by atoms with Crippen molar-refractivity contribution in [2.75, 3.05) is 84.9 Å². The highest BCUT2D eigenvalue weighted by atomic mass is 79.9. The van der Waals surface area contributed by atoms with E-state index < -0.39 is 18.1 Å². The number of benzene rings is 1. The fourth-order valence-corrected chi connectivity index (χ4v) is 8.29. The minimum atomic E-state index is -0.847. The molecule has 382 valence electrons. The number of hydrogen-bond donors (Lipinski definition) is 5. The maximum atomic E-state index is 13.9. The Morgan fingerprint density at radius 1 is 0.831 bits per heavy atom. The molecule has 0 unspecified atom stereocenters. The molecule has 23 nitrogen and oxygen atoms in total. The number of anilines is 1. The number of ether oxygens (including phenoxy) is 5. The van der Waals surface area contributed by atoms with Crippen molar-refractivity contribution >= 4 is 73.9 Å². The van der Waals surface area contributed by atoms with E-state index in [1.807, 2.05) is 32.0 Å². The monoisotopic (exact) mass is 1050 g/mol. The Kier molecular flexibility index (Phi) is 20.0. The predicted molar refractivity (Wildman–Crippen MR) is 258 cm³/mol. The summed E-state index contributed by atoms with van der Waals surface area (Å²) in [6, 6.07) is 5.89.